The Bertz CT molecular complexity index is 2600. The summed E-state index contributed by atoms with van der Waals surface area (Å²) in [4.78, 5) is 2.40. The summed E-state index contributed by atoms with van der Waals surface area (Å²) in [5, 5.41) is 10.1. The van der Waals surface area contributed by atoms with Crippen molar-refractivity contribution < 1.29 is 0 Å². The molecule has 0 spiro atoms. The van der Waals surface area contributed by atoms with Crippen LogP contribution in [0.5, 0.6) is 0 Å². The van der Waals surface area contributed by atoms with E-state index in [1.54, 1.807) is 0 Å². The second kappa shape index (κ2) is 10.1. The van der Waals surface area contributed by atoms with Crippen LogP contribution in [0.25, 0.3) is 54.9 Å². The van der Waals surface area contributed by atoms with Crippen LogP contribution < -0.4 is 10.2 Å². The Kier molecular flexibility index (Phi) is 5.60. The Morgan fingerprint density at radius 3 is 1.91 bits per heavy atom. The number of para-hydroxylation sites is 4. The fraction of sp³-hybridized carbons (Fsp3) is 0.0233. The molecule has 0 fully saturated rings. The summed E-state index contributed by atoms with van der Waals surface area (Å²) in [6, 6.07) is 59.1. The number of benzene rings is 7. The van der Waals surface area contributed by atoms with Crippen molar-refractivity contribution in [2.75, 3.05) is 10.2 Å². The molecule has 0 aliphatic carbocycles. The third-order valence-electron chi connectivity index (χ3n) is 9.73. The molecule has 3 heterocycles. The molecule has 4 nitrogen and oxygen atoms in total. The first kappa shape index (κ1) is 26.0. The Labute approximate surface area is 272 Å². The number of aromatic nitrogens is 2. The number of nitrogens with one attached hydrogen (secondary N) is 1. The number of anilines is 3. The maximum absolute atomic E-state index is 3.80. The highest BCUT2D eigenvalue weighted by Gasteiger charge is 2.31. The average Bonchev–Trinajstić information content (AvgIpc) is 3.84. The molecular formula is C43H30N4. The molecule has 1 atom stereocenters. The van der Waals surface area contributed by atoms with Gasteiger partial charge in [-0.3, -0.25) is 0 Å². The van der Waals surface area contributed by atoms with Crippen LogP contribution in [-0.2, 0) is 0 Å². The van der Waals surface area contributed by atoms with Gasteiger partial charge in [0.2, 0.25) is 0 Å². The number of rotatable bonds is 4. The van der Waals surface area contributed by atoms with Crippen molar-refractivity contribution in [3.05, 3.63) is 176 Å². The molecule has 0 amide bonds. The van der Waals surface area contributed by atoms with E-state index in [0.717, 1.165) is 17.1 Å². The second-order valence-electron chi connectivity index (χ2n) is 12.3. The molecular weight excluding hydrogens is 573 g/mol. The summed E-state index contributed by atoms with van der Waals surface area (Å²) in [6.07, 6.45) is 2.18. The number of nitrogens with zero attached hydrogens (tertiary/aromatic N) is 3. The quantitative estimate of drug-likeness (QED) is 0.217. The number of fused-ring (bicyclic) bond motifs is 8. The highest BCUT2D eigenvalue weighted by Crippen LogP contribution is 2.46. The molecule has 1 N–H and O–H groups in total. The standard InChI is InChI=1S/C43H30N4/c1-3-12-31(13-4-1)45-28-27-37-39(45)26-25-36-35-24-21-29-11-7-8-16-34(29)41(35)47(42(36)37)33-22-19-30(20-23-33)43-44-38-17-9-10-18-40(38)46(43)32-14-5-2-6-15-32/h1-28,43-44H. The van der Waals surface area contributed by atoms with Gasteiger partial charge in [0.1, 0.15) is 6.17 Å². The molecule has 4 heteroatoms. The monoisotopic (exact) mass is 602 g/mol. The zero-order valence-electron chi connectivity index (χ0n) is 25.6. The minimum absolute atomic E-state index is 0.0190. The van der Waals surface area contributed by atoms with Crippen molar-refractivity contribution in [1.29, 1.82) is 0 Å². The molecule has 1 aliphatic rings. The summed E-state index contributed by atoms with van der Waals surface area (Å²) >= 11 is 0. The zero-order chi connectivity index (χ0) is 30.9. The summed E-state index contributed by atoms with van der Waals surface area (Å²) in [7, 11) is 0. The topological polar surface area (TPSA) is 25.1 Å². The Morgan fingerprint density at radius 2 is 1.11 bits per heavy atom. The van der Waals surface area contributed by atoms with Gasteiger partial charge in [-0.2, -0.15) is 0 Å². The van der Waals surface area contributed by atoms with Gasteiger partial charge in [0, 0.05) is 44.8 Å². The predicted octanol–water partition coefficient (Wildman–Crippen LogP) is 11.1. The van der Waals surface area contributed by atoms with Crippen LogP contribution in [0.1, 0.15) is 11.7 Å². The van der Waals surface area contributed by atoms with Crippen molar-refractivity contribution in [3.63, 3.8) is 0 Å². The Balaban J connectivity index is 1.19. The first-order valence-corrected chi connectivity index (χ1v) is 16.1. The molecule has 0 radical (unpaired) electrons. The molecule has 0 saturated carbocycles. The van der Waals surface area contributed by atoms with Gasteiger partial charge >= 0.3 is 0 Å². The van der Waals surface area contributed by atoms with Crippen LogP contribution in [0.2, 0.25) is 0 Å². The van der Waals surface area contributed by atoms with Crippen molar-refractivity contribution in [3.8, 4) is 11.4 Å². The minimum atomic E-state index is -0.0190. The lowest BCUT2D eigenvalue weighted by atomic mass is 10.1. The lowest BCUT2D eigenvalue weighted by molar-refractivity contribution is 0.828. The number of hydrogen-bond donors (Lipinski definition) is 1. The van der Waals surface area contributed by atoms with Crippen molar-refractivity contribution in [1.82, 2.24) is 9.13 Å². The van der Waals surface area contributed by atoms with Gasteiger partial charge in [-0.05, 0) is 71.6 Å². The van der Waals surface area contributed by atoms with Crippen molar-refractivity contribution in [2.45, 2.75) is 6.17 Å². The van der Waals surface area contributed by atoms with Crippen LogP contribution in [0, 0.1) is 0 Å². The summed E-state index contributed by atoms with van der Waals surface area (Å²) in [6.45, 7) is 0. The molecule has 222 valence electrons. The van der Waals surface area contributed by atoms with Crippen molar-refractivity contribution >= 4 is 60.5 Å². The van der Waals surface area contributed by atoms with Gasteiger partial charge in [-0.15, -0.1) is 0 Å². The third-order valence-corrected chi connectivity index (χ3v) is 9.73. The summed E-state index contributed by atoms with van der Waals surface area (Å²) < 4.78 is 4.78. The van der Waals surface area contributed by atoms with E-state index < -0.39 is 0 Å². The predicted molar refractivity (Wildman–Crippen MR) is 197 cm³/mol. The van der Waals surface area contributed by atoms with Gasteiger partial charge in [0.25, 0.3) is 0 Å². The van der Waals surface area contributed by atoms with Crippen LogP contribution in [-0.4, -0.2) is 9.13 Å². The molecule has 47 heavy (non-hydrogen) atoms. The van der Waals surface area contributed by atoms with Crippen LogP contribution in [0.4, 0.5) is 17.1 Å². The molecule has 0 bridgehead atoms. The van der Waals surface area contributed by atoms with Gasteiger partial charge < -0.3 is 19.4 Å². The first-order chi connectivity index (χ1) is 23.3. The third kappa shape index (κ3) is 3.88. The zero-order valence-corrected chi connectivity index (χ0v) is 25.6. The smallest absolute Gasteiger partial charge is 0.130 e. The maximum atomic E-state index is 3.80. The lowest BCUT2D eigenvalue weighted by Gasteiger charge is -2.27. The van der Waals surface area contributed by atoms with E-state index >= 15 is 0 Å². The van der Waals surface area contributed by atoms with E-state index in [1.807, 2.05) is 0 Å². The summed E-state index contributed by atoms with van der Waals surface area (Å²) in [5.41, 5.74) is 10.7. The molecule has 1 aliphatic heterocycles. The molecule has 2 aromatic heterocycles. The van der Waals surface area contributed by atoms with E-state index in [2.05, 4.69) is 189 Å². The van der Waals surface area contributed by atoms with Crippen LogP contribution >= 0.6 is 0 Å². The van der Waals surface area contributed by atoms with E-state index in [1.165, 1.54) is 60.4 Å². The van der Waals surface area contributed by atoms with Crippen LogP contribution in [0.3, 0.4) is 0 Å². The molecule has 1 unspecified atom stereocenters. The number of hydrogen-bond acceptors (Lipinski definition) is 2. The second-order valence-corrected chi connectivity index (χ2v) is 12.3. The molecule has 9 aromatic rings. The van der Waals surface area contributed by atoms with E-state index in [9.17, 15) is 0 Å². The highest BCUT2D eigenvalue weighted by atomic mass is 15.3. The van der Waals surface area contributed by atoms with Gasteiger partial charge in [-0.25, -0.2) is 0 Å². The van der Waals surface area contributed by atoms with E-state index in [0.29, 0.717) is 0 Å². The molecule has 0 saturated heterocycles. The van der Waals surface area contributed by atoms with Gasteiger partial charge in [0.15, 0.2) is 0 Å². The normalized spacial score (nSPS) is 14.3. The molecule has 7 aromatic carbocycles. The van der Waals surface area contributed by atoms with Gasteiger partial charge in [-0.1, -0.05) is 103 Å². The lowest BCUT2D eigenvalue weighted by Crippen LogP contribution is -2.23. The van der Waals surface area contributed by atoms with E-state index in [-0.39, 0.29) is 6.17 Å². The van der Waals surface area contributed by atoms with Gasteiger partial charge in [0.05, 0.1) is 27.9 Å². The minimum Gasteiger partial charge on any atom is -0.359 e. The first-order valence-electron chi connectivity index (χ1n) is 16.1. The summed E-state index contributed by atoms with van der Waals surface area (Å²) in [5.74, 6) is 0. The fourth-order valence-corrected chi connectivity index (χ4v) is 7.63. The molecule has 10 rings (SSSR count). The Hall–Kier alpha value is -6.26. The largest absolute Gasteiger partial charge is 0.359 e. The highest BCUT2D eigenvalue weighted by molar-refractivity contribution is 6.23. The van der Waals surface area contributed by atoms with E-state index in [4.69, 9.17) is 0 Å². The Morgan fingerprint density at radius 1 is 0.447 bits per heavy atom. The maximum Gasteiger partial charge on any atom is 0.130 e. The fourth-order valence-electron chi connectivity index (χ4n) is 7.63. The SMILES string of the molecule is c1ccc(N2c3ccccc3NC2c2ccc(-n3c4c5ccccc5ccc4c4ccc5c(ccn5-c5ccccc5)c43)cc2)cc1. The van der Waals surface area contributed by atoms with Crippen molar-refractivity contribution in [2.24, 2.45) is 0 Å². The average molecular weight is 603 g/mol. The van der Waals surface area contributed by atoms with Crippen LogP contribution in [0.15, 0.2) is 170 Å².